The molecular formula is C71H67N5O. The van der Waals surface area contributed by atoms with E-state index in [1.165, 1.54) is 33.0 Å². The zero-order chi connectivity index (χ0) is 54.3. The molecule has 1 N–H and O–H groups in total. The maximum absolute atomic E-state index is 11.9. The molecule has 382 valence electrons. The summed E-state index contributed by atoms with van der Waals surface area (Å²) >= 11 is 0. The number of phenols is 1. The standard InChI is InChI=1S/C71H67N5O/c1-68(2,3)49-34-47(35-50(39-49)69(4,5)6)48-36-60(65-63(38-48)76(67(74-65)59-30-29-53(72-13)43-64(59)77)55-41-51(70(7,8)9)40-52(42-55)71(10,11)12)44-21-19-22-46(33-44)61-37-45(31-32-73-61)56-26-20-27-58-57-25-17-18-28-62(57)75(66(56)58)54-23-15-14-16-24-54/h14-43,77H,1-12H3. The van der Waals surface area contributed by atoms with Crippen LogP contribution < -0.4 is 0 Å². The van der Waals surface area contributed by atoms with Gasteiger partial charge in [0.1, 0.15) is 11.6 Å². The van der Waals surface area contributed by atoms with E-state index in [1.807, 2.05) is 12.3 Å². The minimum absolute atomic E-state index is 0.000305. The molecule has 6 heteroatoms. The van der Waals surface area contributed by atoms with Crippen LogP contribution in [0.1, 0.15) is 105 Å². The summed E-state index contributed by atoms with van der Waals surface area (Å²) in [6.45, 7) is 35.1. The van der Waals surface area contributed by atoms with Gasteiger partial charge in [-0.1, -0.05) is 192 Å². The molecule has 0 spiro atoms. The van der Waals surface area contributed by atoms with Crippen LogP contribution in [0.2, 0.25) is 0 Å². The smallest absolute Gasteiger partial charge is 0.190 e. The lowest BCUT2D eigenvalue weighted by Crippen LogP contribution is -2.17. The molecule has 3 aromatic heterocycles. The monoisotopic (exact) mass is 1010 g/mol. The van der Waals surface area contributed by atoms with Crippen LogP contribution in [0, 0.1) is 6.57 Å². The minimum Gasteiger partial charge on any atom is -0.509 e. The first kappa shape index (κ1) is 50.6. The van der Waals surface area contributed by atoms with Gasteiger partial charge in [-0.2, -0.15) is 0 Å². The SMILES string of the molecule is [C-]#[N+]c1ccc(-c2nc3c(-c4cccc(-c5cc(-c6cccc7c8ccccc8n(-c8ccccc8)c67)ccn5)c4)cc(-c4cc(C(C)(C)C)cc(C(C)(C)C)c4)cc3n2-c2cc(C(C)(C)C)cc(C(C)(C)C)c2)c(O)c1. The van der Waals surface area contributed by atoms with Crippen LogP contribution in [0.25, 0.3) is 105 Å². The number of nitrogens with zero attached hydrogens (tertiary/aromatic N) is 5. The van der Waals surface area contributed by atoms with Crippen LogP contribution in [0.15, 0.2) is 182 Å². The van der Waals surface area contributed by atoms with Crippen molar-refractivity contribution in [2.45, 2.75) is 105 Å². The maximum atomic E-state index is 11.9. The summed E-state index contributed by atoms with van der Waals surface area (Å²) in [5.41, 5.74) is 19.5. The highest BCUT2D eigenvalue weighted by Crippen LogP contribution is 2.45. The first-order valence-corrected chi connectivity index (χ1v) is 26.8. The largest absolute Gasteiger partial charge is 0.509 e. The molecule has 0 aliphatic heterocycles. The van der Waals surface area contributed by atoms with Crippen molar-refractivity contribution in [2.75, 3.05) is 0 Å². The van der Waals surface area contributed by atoms with Gasteiger partial charge in [-0.3, -0.25) is 9.55 Å². The van der Waals surface area contributed by atoms with Crippen molar-refractivity contribution < 1.29 is 5.11 Å². The van der Waals surface area contributed by atoms with Gasteiger partial charge in [-0.05, 0) is 133 Å². The second-order valence-electron chi connectivity index (χ2n) is 24.9. The summed E-state index contributed by atoms with van der Waals surface area (Å²) in [6.07, 6.45) is 1.93. The molecule has 0 aliphatic carbocycles. The Morgan fingerprint density at radius 1 is 0.429 bits per heavy atom. The molecule has 0 bridgehead atoms. The molecule has 0 aliphatic rings. The van der Waals surface area contributed by atoms with Crippen molar-refractivity contribution in [3.8, 4) is 73.2 Å². The van der Waals surface area contributed by atoms with E-state index in [1.54, 1.807) is 12.1 Å². The fourth-order valence-electron chi connectivity index (χ4n) is 10.7. The summed E-state index contributed by atoms with van der Waals surface area (Å²) in [6, 6.07) is 62.7. The molecular weight excluding hydrogens is 939 g/mol. The zero-order valence-corrected chi connectivity index (χ0v) is 46.5. The van der Waals surface area contributed by atoms with Gasteiger partial charge in [0.2, 0.25) is 0 Å². The molecule has 8 aromatic carbocycles. The first-order valence-electron chi connectivity index (χ1n) is 26.8. The van der Waals surface area contributed by atoms with Crippen LogP contribution in [-0.4, -0.2) is 24.2 Å². The Kier molecular flexibility index (Phi) is 12.3. The highest BCUT2D eigenvalue weighted by molar-refractivity contribution is 6.14. The van der Waals surface area contributed by atoms with Crippen LogP contribution >= 0.6 is 0 Å². The third-order valence-corrected chi connectivity index (χ3v) is 15.3. The highest BCUT2D eigenvalue weighted by Gasteiger charge is 2.28. The number of pyridine rings is 1. The van der Waals surface area contributed by atoms with E-state index in [-0.39, 0.29) is 27.4 Å². The zero-order valence-electron chi connectivity index (χ0n) is 46.5. The van der Waals surface area contributed by atoms with Gasteiger partial charge < -0.3 is 9.67 Å². The van der Waals surface area contributed by atoms with Crippen molar-refractivity contribution in [1.29, 1.82) is 0 Å². The second kappa shape index (κ2) is 18.6. The van der Waals surface area contributed by atoms with E-state index in [0.717, 1.165) is 78.1 Å². The van der Waals surface area contributed by atoms with E-state index in [0.29, 0.717) is 17.1 Å². The number of imidazole rings is 1. The Labute approximate surface area is 454 Å². The Morgan fingerprint density at radius 3 is 1.66 bits per heavy atom. The fourth-order valence-corrected chi connectivity index (χ4v) is 10.7. The Morgan fingerprint density at radius 2 is 1.01 bits per heavy atom. The number of para-hydroxylation sites is 3. The molecule has 0 atom stereocenters. The third-order valence-electron chi connectivity index (χ3n) is 15.3. The summed E-state index contributed by atoms with van der Waals surface area (Å²) in [5, 5.41) is 14.3. The molecule has 0 radical (unpaired) electrons. The number of rotatable bonds is 7. The molecule has 3 heterocycles. The summed E-state index contributed by atoms with van der Waals surface area (Å²) in [4.78, 5) is 14.4. The van der Waals surface area contributed by atoms with Gasteiger partial charge in [0, 0.05) is 45.0 Å². The van der Waals surface area contributed by atoms with Crippen molar-refractivity contribution in [3.63, 3.8) is 0 Å². The average molecular weight is 1010 g/mol. The van der Waals surface area contributed by atoms with Crippen molar-refractivity contribution in [2.24, 2.45) is 0 Å². The van der Waals surface area contributed by atoms with Gasteiger partial charge in [0.15, 0.2) is 5.69 Å². The molecule has 0 saturated carbocycles. The molecule has 77 heavy (non-hydrogen) atoms. The lowest BCUT2D eigenvalue weighted by molar-refractivity contribution is 0.477. The van der Waals surface area contributed by atoms with Crippen LogP contribution in [-0.2, 0) is 21.7 Å². The summed E-state index contributed by atoms with van der Waals surface area (Å²) < 4.78 is 4.62. The Balaban J connectivity index is 1.18. The second-order valence-corrected chi connectivity index (χ2v) is 24.9. The van der Waals surface area contributed by atoms with Gasteiger partial charge in [-0.15, -0.1) is 0 Å². The van der Waals surface area contributed by atoms with Gasteiger partial charge in [0.25, 0.3) is 0 Å². The Hall–Kier alpha value is -8.53. The first-order chi connectivity index (χ1) is 36.5. The van der Waals surface area contributed by atoms with E-state index >= 15 is 0 Å². The predicted molar refractivity (Wildman–Crippen MR) is 323 cm³/mol. The van der Waals surface area contributed by atoms with Crippen molar-refractivity contribution in [1.82, 2.24) is 19.1 Å². The van der Waals surface area contributed by atoms with E-state index in [4.69, 9.17) is 16.5 Å². The summed E-state index contributed by atoms with van der Waals surface area (Å²) in [5.74, 6) is 0.588. The number of fused-ring (bicyclic) bond motifs is 4. The van der Waals surface area contributed by atoms with Crippen LogP contribution in [0.5, 0.6) is 5.75 Å². The normalized spacial score (nSPS) is 12.5. The third kappa shape index (κ3) is 9.39. The van der Waals surface area contributed by atoms with Crippen molar-refractivity contribution >= 4 is 38.5 Å². The van der Waals surface area contributed by atoms with E-state index in [2.05, 4.69) is 255 Å². The molecule has 0 fully saturated rings. The predicted octanol–water partition coefficient (Wildman–Crippen LogP) is 19.3. The van der Waals surface area contributed by atoms with Gasteiger partial charge in [-0.25, -0.2) is 9.83 Å². The molecule has 0 saturated heterocycles. The molecule has 0 amide bonds. The average Bonchev–Trinajstić information content (AvgIpc) is 4.12. The van der Waals surface area contributed by atoms with Crippen molar-refractivity contribution in [3.05, 3.63) is 216 Å². The van der Waals surface area contributed by atoms with E-state index in [9.17, 15) is 5.11 Å². The van der Waals surface area contributed by atoms with Gasteiger partial charge >= 0.3 is 0 Å². The quantitative estimate of drug-likeness (QED) is 0.162. The number of aromatic nitrogens is 4. The number of benzene rings is 8. The fraction of sp³-hybridized carbons (Fsp3) is 0.225. The number of aromatic hydroxyl groups is 1. The lowest BCUT2D eigenvalue weighted by atomic mass is 9.78. The number of hydrogen-bond donors (Lipinski definition) is 1. The number of hydrogen-bond acceptors (Lipinski definition) is 3. The van der Waals surface area contributed by atoms with Crippen LogP contribution in [0.4, 0.5) is 5.69 Å². The maximum Gasteiger partial charge on any atom is 0.190 e. The molecule has 0 unspecified atom stereocenters. The van der Waals surface area contributed by atoms with Crippen LogP contribution in [0.3, 0.4) is 0 Å². The van der Waals surface area contributed by atoms with Gasteiger partial charge in [0.05, 0.1) is 39.9 Å². The molecule has 11 aromatic rings. The highest BCUT2D eigenvalue weighted by atomic mass is 16.3. The van der Waals surface area contributed by atoms with E-state index < -0.39 is 0 Å². The molecule has 6 nitrogen and oxygen atoms in total. The molecule has 11 rings (SSSR count). The summed E-state index contributed by atoms with van der Waals surface area (Å²) in [7, 11) is 0. The topological polar surface area (TPSA) is 60.2 Å². The Bertz CT molecular complexity index is 4090. The minimum atomic E-state index is -0.169. The number of phenolic OH excluding ortho intramolecular Hbond substituents is 1. The lowest BCUT2D eigenvalue weighted by Gasteiger charge is -2.27.